The summed E-state index contributed by atoms with van der Waals surface area (Å²) in [7, 11) is -1.77. The molecule has 3 nitrogen and oxygen atoms in total. The molecule has 1 aromatic rings. The van der Waals surface area contributed by atoms with Crippen molar-refractivity contribution < 1.29 is 8.42 Å². The second kappa shape index (κ2) is 6.16. The third kappa shape index (κ3) is 3.21. The van der Waals surface area contributed by atoms with Gasteiger partial charge in [-0.3, -0.25) is 0 Å². The van der Waals surface area contributed by atoms with Crippen LogP contribution in [0.2, 0.25) is 0 Å². The van der Waals surface area contributed by atoms with Gasteiger partial charge >= 0.3 is 0 Å². The van der Waals surface area contributed by atoms with Gasteiger partial charge in [-0.15, -0.1) is 6.58 Å². The molecule has 0 aliphatic rings. The largest absolute Gasteiger partial charge is 0.243 e. The first kappa shape index (κ1) is 14.9. The Hall–Kier alpha value is -1.13. The highest BCUT2D eigenvalue weighted by Gasteiger charge is 2.25. The minimum atomic E-state index is -3.40. The molecule has 4 heteroatoms. The van der Waals surface area contributed by atoms with Crippen molar-refractivity contribution in [3.05, 3.63) is 42.5 Å². The molecule has 100 valence electrons. The molecular weight excluding hydrogens is 246 g/mol. The first-order valence-corrected chi connectivity index (χ1v) is 7.53. The van der Waals surface area contributed by atoms with Crippen molar-refractivity contribution in [1.29, 1.82) is 0 Å². The summed E-state index contributed by atoms with van der Waals surface area (Å²) >= 11 is 0. The lowest BCUT2D eigenvalue weighted by atomic mass is 10.1. The molecule has 0 amide bonds. The molecule has 0 aliphatic carbocycles. The predicted octanol–water partition coefficient (Wildman–Crippen LogP) is 2.97. The van der Waals surface area contributed by atoms with Crippen LogP contribution in [0, 0.1) is 6.92 Å². The molecule has 1 rings (SSSR count). The number of aryl methyl sites for hydroxylation is 1. The van der Waals surface area contributed by atoms with Crippen LogP contribution in [0.3, 0.4) is 0 Å². The summed E-state index contributed by atoms with van der Waals surface area (Å²) in [4.78, 5) is 0.345. The van der Waals surface area contributed by atoms with Crippen LogP contribution in [0.4, 0.5) is 0 Å². The second-order valence-electron chi connectivity index (χ2n) is 4.42. The fourth-order valence-corrected chi connectivity index (χ4v) is 3.28. The third-order valence-corrected chi connectivity index (χ3v) is 5.05. The maximum atomic E-state index is 12.4. The van der Waals surface area contributed by atoms with Crippen LogP contribution in [-0.2, 0) is 10.0 Å². The summed E-state index contributed by atoms with van der Waals surface area (Å²) in [6, 6.07) is 6.90. The SMILES string of the molecule is C=CCC(CC)N(C)S(=O)(=O)c1ccc(C)cc1. The maximum absolute atomic E-state index is 12.4. The minimum Gasteiger partial charge on any atom is -0.207 e. The number of hydrogen-bond acceptors (Lipinski definition) is 2. The zero-order chi connectivity index (χ0) is 13.8. The average molecular weight is 267 g/mol. The molecule has 1 aromatic carbocycles. The summed E-state index contributed by atoms with van der Waals surface area (Å²) < 4.78 is 26.3. The van der Waals surface area contributed by atoms with E-state index in [0.29, 0.717) is 11.3 Å². The van der Waals surface area contributed by atoms with Crippen LogP contribution in [-0.4, -0.2) is 25.8 Å². The first-order chi connectivity index (χ1) is 8.43. The van der Waals surface area contributed by atoms with Gasteiger partial charge in [0.05, 0.1) is 4.90 Å². The average Bonchev–Trinajstić information content (AvgIpc) is 2.35. The van der Waals surface area contributed by atoms with E-state index in [1.165, 1.54) is 4.31 Å². The molecule has 0 N–H and O–H groups in total. The van der Waals surface area contributed by atoms with Crippen LogP contribution >= 0.6 is 0 Å². The lowest BCUT2D eigenvalue weighted by Gasteiger charge is -2.25. The van der Waals surface area contributed by atoms with E-state index in [0.717, 1.165) is 12.0 Å². The molecule has 0 saturated heterocycles. The summed E-state index contributed by atoms with van der Waals surface area (Å²) in [5.74, 6) is 0. The number of nitrogens with zero attached hydrogens (tertiary/aromatic N) is 1. The number of hydrogen-bond donors (Lipinski definition) is 0. The highest BCUT2D eigenvalue weighted by Crippen LogP contribution is 2.20. The van der Waals surface area contributed by atoms with Gasteiger partial charge in [0.1, 0.15) is 0 Å². The van der Waals surface area contributed by atoms with E-state index in [4.69, 9.17) is 0 Å². The van der Waals surface area contributed by atoms with Gasteiger partial charge in [-0.1, -0.05) is 30.7 Å². The molecule has 1 unspecified atom stereocenters. The Labute approximate surface area is 110 Å². The van der Waals surface area contributed by atoms with Gasteiger partial charge < -0.3 is 0 Å². The van der Waals surface area contributed by atoms with Gasteiger partial charge in [0.2, 0.25) is 10.0 Å². The molecule has 0 aromatic heterocycles. The Morgan fingerprint density at radius 2 is 1.89 bits per heavy atom. The van der Waals surface area contributed by atoms with Crippen LogP contribution < -0.4 is 0 Å². The monoisotopic (exact) mass is 267 g/mol. The topological polar surface area (TPSA) is 37.4 Å². The molecule has 18 heavy (non-hydrogen) atoms. The first-order valence-electron chi connectivity index (χ1n) is 6.09. The Balaban J connectivity index is 3.05. The van der Waals surface area contributed by atoms with Gasteiger partial charge in [-0.2, -0.15) is 4.31 Å². The lowest BCUT2D eigenvalue weighted by molar-refractivity contribution is 0.360. The van der Waals surface area contributed by atoms with Crippen LogP contribution in [0.15, 0.2) is 41.8 Å². The van der Waals surface area contributed by atoms with E-state index in [-0.39, 0.29) is 6.04 Å². The van der Waals surface area contributed by atoms with Crippen LogP contribution in [0.5, 0.6) is 0 Å². The van der Waals surface area contributed by atoms with E-state index >= 15 is 0 Å². The van der Waals surface area contributed by atoms with Crippen molar-refractivity contribution in [2.45, 2.75) is 37.6 Å². The Kier molecular flexibility index (Phi) is 5.11. The zero-order valence-electron chi connectivity index (χ0n) is 11.3. The van der Waals surface area contributed by atoms with Crippen molar-refractivity contribution in [2.24, 2.45) is 0 Å². The smallest absolute Gasteiger partial charge is 0.207 e. The van der Waals surface area contributed by atoms with E-state index in [2.05, 4.69) is 6.58 Å². The van der Waals surface area contributed by atoms with E-state index < -0.39 is 10.0 Å². The maximum Gasteiger partial charge on any atom is 0.243 e. The van der Waals surface area contributed by atoms with Crippen molar-refractivity contribution in [2.75, 3.05) is 7.05 Å². The highest BCUT2D eigenvalue weighted by atomic mass is 32.2. The molecule has 1 atom stereocenters. The summed E-state index contributed by atoms with van der Waals surface area (Å²) in [6.45, 7) is 7.59. The van der Waals surface area contributed by atoms with Gasteiger partial charge in [0, 0.05) is 13.1 Å². The fraction of sp³-hybridized carbons (Fsp3) is 0.429. The number of rotatable bonds is 6. The third-order valence-electron chi connectivity index (χ3n) is 3.12. The van der Waals surface area contributed by atoms with Crippen LogP contribution in [0.25, 0.3) is 0 Å². The molecule has 0 heterocycles. The number of benzene rings is 1. The zero-order valence-corrected chi connectivity index (χ0v) is 12.1. The van der Waals surface area contributed by atoms with Crippen molar-refractivity contribution >= 4 is 10.0 Å². The Morgan fingerprint density at radius 3 is 2.33 bits per heavy atom. The summed E-state index contributed by atoms with van der Waals surface area (Å²) in [5.41, 5.74) is 1.05. The van der Waals surface area contributed by atoms with Crippen molar-refractivity contribution in [3.8, 4) is 0 Å². The molecule has 0 spiro atoms. The van der Waals surface area contributed by atoms with Gasteiger partial charge in [-0.25, -0.2) is 8.42 Å². The standard InChI is InChI=1S/C14H21NO2S/c1-5-7-13(6-2)15(4)18(16,17)14-10-8-12(3)9-11-14/h5,8-11,13H,1,6-7H2,2-4H3. The minimum absolute atomic E-state index is 0.0335. The van der Waals surface area contributed by atoms with Crippen molar-refractivity contribution in [3.63, 3.8) is 0 Å². The molecular formula is C14H21NO2S. The summed E-state index contributed by atoms with van der Waals surface area (Å²) in [5, 5.41) is 0. The Bertz CT molecular complexity index is 491. The van der Waals surface area contributed by atoms with Gasteiger partial charge in [0.25, 0.3) is 0 Å². The molecule has 0 fully saturated rings. The quantitative estimate of drug-likeness (QED) is 0.743. The second-order valence-corrected chi connectivity index (χ2v) is 6.42. The van der Waals surface area contributed by atoms with Gasteiger partial charge in [0.15, 0.2) is 0 Å². The molecule has 0 saturated carbocycles. The molecule has 0 aliphatic heterocycles. The highest BCUT2D eigenvalue weighted by molar-refractivity contribution is 7.89. The van der Waals surface area contributed by atoms with E-state index in [1.807, 2.05) is 26.0 Å². The Morgan fingerprint density at radius 1 is 1.33 bits per heavy atom. The van der Waals surface area contributed by atoms with Crippen molar-refractivity contribution in [1.82, 2.24) is 4.31 Å². The normalized spacial score (nSPS) is 13.6. The molecule has 0 bridgehead atoms. The lowest BCUT2D eigenvalue weighted by Crippen LogP contribution is -2.36. The summed E-state index contributed by atoms with van der Waals surface area (Å²) in [6.07, 6.45) is 3.20. The fourth-order valence-electron chi connectivity index (χ4n) is 1.84. The van der Waals surface area contributed by atoms with E-state index in [1.54, 1.807) is 25.3 Å². The molecule has 0 radical (unpaired) electrons. The van der Waals surface area contributed by atoms with E-state index in [9.17, 15) is 8.42 Å². The van der Waals surface area contributed by atoms with Crippen LogP contribution in [0.1, 0.15) is 25.3 Å². The number of sulfonamides is 1. The van der Waals surface area contributed by atoms with Gasteiger partial charge in [-0.05, 0) is 31.9 Å². The predicted molar refractivity (Wildman–Crippen MR) is 75.0 cm³/mol.